The number of rotatable bonds is 5. The molecule has 19 heavy (non-hydrogen) atoms. The van der Waals surface area contributed by atoms with Gasteiger partial charge in [-0.15, -0.1) is 0 Å². The minimum Gasteiger partial charge on any atom is -0.377 e. The lowest BCUT2D eigenvalue weighted by atomic mass is 9.77. The van der Waals surface area contributed by atoms with Gasteiger partial charge in [0.2, 0.25) is 0 Å². The van der Waals surface area contributed by atoms with Gasteiger partial charge < -0.3 is 10.1 Å². The van der Waals surface area contributed by atoms with Crippen LogP contribution in [0.25, 0.3) is 0 Å². The van der Waals surface area contributed by atoms with E-state index in [0.717, 1.165) is 10.9 Å². The van der Waals surface area contributed by atoms with Crippen LogP contribution in [0.2, 0.25) is 0 Å². The van der Waals surface area contributed by atoms with Crippen molar-refractivity contribution in [3.05, 3.63) is 34.3 Å². The molecule has 1 N–H and O–H groups in total. The standard InChI is InChI=1S/C16H24BrNO/c1-18-15(12-13-6-8-14(17)9-7-13)16(19-2)10-4-3-5-11-16/h6-9,15,18H,3-5,10-12H2,1-2H3. The Balaban J connectivity index is 2.11. The molecule has 0 radical (unpaired) electrons. The van der Waals surface area contributed by atoms with Gasteiger partial charge in [-0.3, -0.25) is 0 Å². The summed E-state index contributed by atoms with van der Waals surface area (Å²) in [5.41, 5.74) is 1.38. The van der Waals surface area contributed by atoms with Crippen LogP contribution in [0, 0.1) is 0 Å². The first-order valence-electron chi connectivity index (χ1n) is 7.17. The van der Waals surface area contributed by atoms with E-state index >= 15 is 0 Å². The number of hydrogen-bond acceptors (Lipinski definition) is 2. The Kier molecular flexibility index (Phi) is 5.43. The summed E-state index contributed by atoms with van der Waals surface area (Å²) in [4.78, 5) is 0. The van der Waals surface area contributed by atoms with Gasteiger partial charge in [0, 0.05) is 17.6 Å². The van der Waals surface area contributed by atoms with Gasteiger partial charge in [-0.05, 0) is 44.0 Å². The Hall–Kier alpha value is -0.380. The van der Waals surface area contributed by atoms with E-state index in [9.17, 15) is 0 Å². The van der Waals surface area contributed by atoms with Gasteiger partial charge in [0.05, 0.1) is 5.60 Å². The topological polar surface area (TPSA) is 21.3 Å². The number of ether oxygens (including phenoxy) is 1. The van der Waals surface area contributed by atoms with Gasteiger partial charge in [0.25, 0.3) is 0 Å². The molecule has 106 valence electrons. The molecule has 1 aromatic rings. The van der Waals surface area contributed by atoms with Crippen LogP contribution in [0.4, 0.5) is 0 Å². The molecule has 2 nitrogen and oxygen atoms in total. The van der Waals surface area contributed by atoms with Crippen LogP contribution in [-0.2, 0) is 11.2 Å². The van der Waals surface area contributed by atoms with E-state index in [0.29, 0.717) is 6.04 Å². The Morgan fingerprint density at radius 1 is 1.21 bits per heavy atom. The van der Waals surface area contributed by atoms with Crippen LogP contribution in [0.5, 0.6) is 0 Å². The second kappa shape index (κ2) is 6.87. The van der Waals surface area contributed by atoms with Gasteiger partial charge in [0.15, 0.2) is 0 Å². The Labute approximate surface area is 125 Å². The molecule has 0 bridgehead atoms. The van der Waals surface area contributed by atoms with E-state index in [1.807, 2.05) is 7.11 Å². The fraction of sp³-hybridized carbons (Fsp3) is 0.625. The van der Waals surface area contributed by atoms with Crippen LogP contribution < -0.4 is 5.32 Å². The summed E-state index contributed by atoms with van der Waals surface area (Å²) in [5, 5.41) is 3.49. The van der Waals surface area contributed by atoms with E-state index in [1.165, 1.54) is 37.7 Å². The smallest absolute Gasteiger partial charge is 0.0834 e. The summed E-state index contributed by atoms with van der Waals surface area (Å²) >= 11 is 3.49. The van der Waals surface area contributed by atoms with E-state index in [1.54, 1.807) is 0 Å². The maximum absolute atomic E-state index is 5.96. The highest BCUT2D eigenvalue weighted by Gasteiger charge is 2.39. The van der Waals surface area contributed by atoms with Crippen LogP contribution in [-0.4, -0.2) is 25.8 Å². The lowest BCUT2D eigenvalue weighted by Crippen LogP contribution is -2.53. The molecular weight excluding hydrogens is 302 g/mol. The molecule has 1 unspecified atom stereocenters. The van der Waals surface area contributed by atoms with E-state index in [4.69, 9.17) is 4.74 Å². The highest BCUT2D eigenvalue weighted by atomic mass is 79.9. The monoisotopic (exact) mass is 325 g/mol. The third-order valence-electron chi connectivity index (χ3n) is 4.44. The normalized spacial score (nSPS) is 20.2. The molecule has 1 atom stereocenters. The molecule has 1 aliphatic rings. The summed E-state index contributed by atoms with van der Waals surface area (Å²) in [5.74, 6) is 0. The fourth-order valence-corrected chi connectivity index (χ4v) is 3.52. The lowest BCUT2D eigenvalue weighted by molar-refractivity contribution is -0.0657. The number of halogens is 1. The predicted octanol–water partition coefficient (Wildman–Crippen LogP) is 3.93. The van der Waals surface area contributed by atoms with Crippen molar-refractivity contribution in [3.63, 3.8) is 0 Å². The second-order valence-electron chi connectivity index (χ2n) is 5.50. The van der Waals surface area contributed by atoms with Crippen molar-refractivity contribution >= 4 is 15.9 Å². The Bertz CT molecular complexity index is 384. The molecule has 1 saturated carbocycles. The summed E-state index contributed by atoms with van der Waals surface area (Å²) in [7, 11) is 3.93. The van der Waals surface area contributed by atoms with Gasteiger partial charge in [0.1, 0.15) is 0 Å². The van der Waals surface area contributed by atoms with Crippen molar-refractivity contribution in [1.29, 1.82) is 0 Å². The first kappa shape index (κ1) is 15.0. The van der Waals surface area contributed by atoms with Crippen molar-refractivity contribution in [1.82, 2.24) is 5.32 Å². The first-order valence-corrected chi connectivity index (χ1v) is 7.96. The first-order chi connectivity index (χ1) is 9.20. The van der Waals surface area contributed by atoms with Crippen molar-refractivity contribution in [2.45, 2.75) is 50.2 Å². The van der Waals surface area contributed by atoms with E-state index in [2.05, 4.69) is 52.6 Å². The third kappa shape index (κ3) is 3.59. The lowest BCUT2D eigenvalue weighted by Gasteiger charge is -2.42. The summed E-state index contributed by atoms with van der Waals surface area (Å²) in [6.07, 6.45) is 7.28. The molecule has 1 aliphatic carbocycles. The zero-order valence-corrected chi connectivity index (χ0v) is 13.5. The fourth-order valence-electron chi connectivity index (χ4n) is 3.25. The third-order valence-corrected chi connectivity index (χ3v) is 4.97. The zero-order valence-electron chi connectivity index (χ0n) is 11.9. The van der Waals surface area contributed by atoms with Gasteiger partial charge in [-0.2, -0.15) is 0 Å². The number of benzene rings is 1. The van der Waals surface area contributed by atoms with Crippen molar-refractivity contribution in [3.8, 4) is 0 Å². The average Bonchev–Trinajstić information content (AvgIpc) is 2.47. The van der Waals surface area contributed by atoms with Gasteiger partial charge in [-0.1, -0.05) is 47.3 Å². The Morgan fingerprint density at radius 3 is 2.37 bits per heavy atom. The molecule has 0 saturated heterocycles. The summed E-state index contributed by atoms with van der Waals surface area (Å²) in [6, 6.07) is 9.01. The molecule has 3 heteroatoms. The van der Waals surface area contributed by atoms with Gasteiger partial charge in [-0.25, -0.2) is 0 Å². The average molecular weight is 326 g/mol. The molecule has 1 fully saturated rings. The van der Waals surface area contributed by atoms with Crippen molar-refractivity contribution < 1.29 is 4.74 Å². The predicted molar refractivity (Wildman–Crippen MR) is 83.5 cm³/mol. The number of likely N-dealkylation sites (N-methyl/N-ethyl adjacent to an activating group) is 1. The minimum absolute atomic E-state index is 0.0140. The quantitative estimate of drug-likeness (QED) is 0.885. The largest absolute Gasteiger partial charge is 0.377 e. The minimum atomic E-state index is 0.0140. The summed E-state index contributed by atoms with van der Waals surface area (Å²) in [6.45, 7) is 0. The number of methoxy groups -OCH3 is 1. The number of hydrogen-bond donors (Lipinski definition) is 1. The Morgan fingerprint density at radius 2 is 1.84 bits per heavy atom. The van der Waals surface area contributed by atoms with Crippen molar-refractivity contribution in [2.75, 3.05) is 14.2 Å². The molecule has 2 rings (SSSR count). The molecule has 0 heterocycles. The number of nitrogens with one attached hydrogen (secondary N) is 1. The molecule has 0 aromatic heterocycles. The van der Waals surface area contributed by atoms with Gasteiger partial charge >= 0.3 is 0 Å². The maximum Gasteiger partial charge on any atom is 0.0834 e. The van der Waals surface area contributed by atoms with E-state index < -0.39 is 0 Å². The maximum atomic E-state index is 5.96. The van der Waals surface area contributed by atoms with E-state index in [-0.39, 0.29) is 5.60 Å². The zero-order chi connectivity index (χ0) is 13.7. The molecule has 0 spiro atoms. The van der Waals surface area contributed by atoms with Crippen molar-refractivity contribution in [2.24, 2.45) is 0 Å². The van der Waals surface area contributed by atoms with Crippen LogP contribution in [0.3, 0.4) is 0 Å². The highest BCUT2D eigenvalue weighted by molar-refractivity contribution is 9.10. The summed E-state index contributed by atoms with van der Waals surface area (Å²) < 4.78 is 7.09. The highest BCUT2D eigenvalue weighted by Crippen LogP contribution is 2.35. The second-order valence-corrected chi connectivity index (χ2v) is 6.42. The molecule has 1 aromatic carbocycles. The van der Waals surface area contributed by atoms with Crippen LogP contribution in [0.15, 0.2) is 28.7 Å². The van der Waals surface area contributed by atoms with Crippen LogP contribution >= 0.6 is 15.9 Å². The SMILES string of the molecule is CNC(Cc1ccc(Br)cc1)C1(OC)CCCCC1. The van der Waals surface area contributed by atoms with Crippen LogP contribution in [0.1, 0.15) is 37.7 Å². The molecule has 0 aliphatic heterocycles. The molecule has 0 amide bonds. The molecular formula is C16H24BrNO.